The number of hydrogen-bond acceptors (Lipinski definition) is 5. The Labute approximate surface area is 180 Å². The summed E-state index contributed by atoms with van der Waals surface area (Å²) in [5.74, 6) is -1.19. The zero-order valence-electron chi connectivity index (χ0n) is 14.9. The van der Waals surface area contributed by atoms with Gasteiger partial charge in [0.1, 0.15) is 5.01 Å². The van der Waals surface area contributed by atoms with Gasteiger partial charge in [0, 0.05) is 7.05 Å². The second-order valence-electron chi connectivity index (χ2n) is 6.04. The van der Waals surface area contributed by atoms with Crippen molar-refractivity contribution in [3.8, 4) is 0 Å². The van der Waals surface area contributed by atoms with Gasteiger partial charge in [-0.2, -0.15) is 0 Å². The number of nitrogens with zero attached hydrogens (tertiary/aromatic N) is 2. The summed E-state index contributed by atoms with van der Waals surface area (Å²) in [7, 11) is 1.62. The van der Waals surface area contributed by atoms with Crippen LogP contribution in [-0.2, 0) is 16.1 Å². The molecule has 1 heterocycles. The number of esters is 1. The normalized spacial score (nSPS) is 12.0. The van der Waals surface area contributed by atoms with Gasteiger partial charge in [0.05, 0.1) is 37.4 Å². The fourth-order valence-electron chi connectivity index (χ4n) is 2.56. The molecule has 1 aromatic heterocycles. The molecule has 28 heavy (non-hydrogen) atoms. The van der Waals surface area contributed by atoms with Gasteiger partial charge in [-0.1, -0.05) is 46.9 Å². The lowest BCUT2D eigenvalue weighted by molar-refractivity contribution is -0.139. The van der Waals surface area contributed by atoms with E-state index in [1.807, 2.05) is 24.3 Å². The summed E-state index contributed by atoms with van der Waals surface area (Å²) < 4.78 is 6.30. The fourth-order valence-corrected chi connectivity index (χ4v) is 4.27. The topological polar surface area (TPSA) is 59.5 Å². The quantitative estimate of drug-likeness (QED) is 0.377. The van der Waals surface area contributed by atoms with Crippen LogP contribution in [0.1, 0.15) is 22.3 Å². The van der Waals surface area contributed by atoms with Crippen LogP contribution in [0, 0.1) is 0 Å². The molecule has 1 atom stereocenters. The van der Waals surface area contributed by atoms with E-state index in [4.69, 9.17) is 39.5 Å². The number of ether oxygens (including phenoxy) is 1. The number of amides is 1. The van der Waals surface area contributed by atoms with Crippen molar-refractivity contribution in [3.63, 3.8) is 0 Å². The number of thiazole rings is 1. The molecule has 5 nitrogen and oxygen atoms in total. The smallest absolute Gasteiger partial charge is 0.342 e. The van der Waals surface area contributed by atoms with Crippen molar-refractivity contribution in [3.05, 3.63) is 62.0 Å². The number of benzene rings is 2. The SMILES string of the molecule is CC(OC(=O)c1c(Cl)ccc(Cl)c1Cl)C(=O)N(C)Cc1nc2ccccc2s1. The van der Waals surface area contributed by atoms with Crippen molar-refractivity contribution in [2.24, 2.45) is 0 Å². The highest BCUT2D eigenvalue weighted by Crippen LogP contribution is 2.32. The summed E-state index contributed by atoms with van der Waals surface area (Å²) in [6.07, 6.45) is -1.03. The van der Waals surface area contributed by atoms with Crippen LogP contribution >= 0.6 is 46.1 Å². The second-order valence-corrected chi connectivity index (χ2v) is 8.34. The standard InChI is InChI=1S/C19H15Cl3N2O3S/c1-10(27-19(26)16-11(20)7-8-12(21)17(16)22)18(25)24(2)9-15-23-13-5-3-4-6-14(13)28-15/h3-8,10H,9H2,1-2H3. The monoisotopic (exact) mass is 456 g/mol. The molecule has 0 spiro atoms. The van der Waals surface area contributed by atoms with E-state index in [1.165, 1.54) is 35.3 Å². The Morgan fingerprint density at radius 1 is 1.14 bits per heavy atom. The van der Waals surface area contributed by atoms with Crippen LogP contribution in [-0.4, -0.2) is 34.9 Å². The van der Waals surface area contributed by atoms with Gasteiger partial charge in [0.2, 0.25) is 0 Å². The number of para-hydroxylation sites is 1. The summed E-state index contributed by atoms with van der Waals surface area (Å²) in [4.78, 5) is 31.0. The molecular weight excluding hydrogens is 443 g/mol. The van der Waals surface area contributed by atoms with E-state index in [9.17, 15) is 9.59 Å². The van der Waals surface area contributed by atoms with E-state index in [2.05, 4.69) is 4.98 Å². The van der Waals surface area contributed by atoms with E-state index in [0.717, 1.165) is 15.2 Å². The fraction of sp³-hybridized carbons (Fsp3) is 0.211. The van der Waals surface area contributed by atoms with Gasteiger partial charge in [0.15, 0.2) is 6.10 Å². The maximum Gasteiger partial charge on any atom is 0.342 e. The zero-order chi connectivity index (χ0) is 20.4. The second kappa shape index (κ2) is 8.66. The van der Waals surface area contributed by atoms with Crippen molar-refractivity contribution in [2.45, 2.75) is 19.6 Å². The van der Waals surface area contributed by atoms with Crippen LogP contribution in [0.3, 0.4) is 0 Å². The Morgan fingerprint density at radius 2 is 1.82 bits per heavy atom. The Balaban J connectivity index is 1.68. The predicted molar refractivity (Wildman–Crippen MR) is 112 cm³/mol. The van der Waals surface area contributed by atoms with Crippen LogP contribution in [0.15, 0.2) is 36.4 Å². The largest absolute Gasteiger partial charge is 0.449 e. The average molecular weight is 458 g/mol. The van der Waals surface area contributed by atoms with E-state index in [-0.39, 0.29) is 26.5 Å². The van der Waals surface area contributed by atoms with Crippen molar-refractivity contribution in [1.29, 1.82) is 0 Å². The molecule has 1 amide bonds. The number of carbonyl (C=O) groups excluding carboxylic acids is 2. The van der Waals surface area contributed by atoms with Gasteiger partial charge in [-0.15, -0.1) is 11.3 Å². The minimum atomic E-state index is -1.03. The van der Waals surface area contributed by atoms with Crippen LogP contribution in [0.4, 0.5) is 0 Å². The molecule has 9 heteroatoms. The summed E-state index contributed by atoms with van der Waals surface area (Å²) >= 11 is 19.5. The predicted octanol–water partition coefficient (Wildman–Crippen LogP) is 5.46. The third-order valence-corrected chi connectivity index (χ3v) is 6.11. The maximum absolute atomic E-state index is 12.6. The van der Waals surface area contributed by atoms with Gasteiger partial charge >= 0.3 is 5.97 Å². The highest BCUT2D eigenvalue weighted by molar-refractivity contribution is 7.18. The Hall–Kier alpha value is -1.86. The van der Waals surface area contributed by atoms with E-state index < -0.39 is 12.1 Å². The molecule has 1 unspecified atom stereocenters. The summed E-state index contributed by atoms with van der Waals surface area (Å²) in [5.41, 5.74) is 0.817. The zero-order valence-corrected chi connectivity index (χ0v) is 18.0. The first-order valence-corrected chi connectivity index (χ1v) is 10.2. The third-order valence-electron chi connectivity index (χ3n) is 3.97. The van der Waals surface area contributed by atoms with Crippen LogP contribution in [0.2, 0.25) is 15.1 Å². The molecule has 2 aromatic carbocycles. The van der Waals surface area contributed by atoms with Gasteiger partial charge in [-0.3, -0.25) is 4.79 Å². The van der Waals surface area contributed by atoms with Crippen LogP contribution in [0.5, 0.6) is 0 Å². The van der Waals surface area contributed by atoms with Gasteiger partial charge < -0.3 is 9.64 Å². The molecule has 3 rings (SSSR count). The van der Waals surface area contributed by atoms with Crippen molar-refractivity contribution in [2.75, 3.05) is 7.05 Å². The summed E-state index contributed by atoms with van der Waals surface area (Å²) in [6, 6.07) is 10.7. The lowest BCUT2D eigenvalue weighted by atomic mass is 10.2. The highest BCUT2D eigenvalue weighted by atomic mass is 35.5. The van der Waals surface area contributed by atoms with Gasteiger partial charge in [-0.25, -0.2) is 9.78 Å². The molecule has 0 radical (unpaired) electrons. The third kappa shape index (κ3) is 4.41. The van der Waals surface area contributed by atoms with E-state index in [0.29, 0.717) is 6.54 Å². The van der Waals surface area contributed by atoms with Crippen molar-refractivity contribution in [1.82, 2.24) is 9.88 Å². The van der Waals surface area contributed by atoms with E-state index >= 15 is 0 Å². The number of halogens is 3. The first-order chi connectivity index (χ1) is 13.3. The molecule has 0 bridgehead atoms. The molecule has 0 N–H and O–H groups in total. The van der Waals surface area contributed by atoms with Crippen molar-refractivity contribution >= 4 is 68.2 Å². The molecule has 0 aliphatic carbocycles. The molecule has 146 valence electrons. The molecule has 0 saturated heterocycles. The van der Waals surface area contributed by atoms with E-state index in [1.54, 1.807) is 7.05 Å². The maximum atomic E-state index is 12.6. The van der Waals surface area contributed by atoms with Crippen molar-refractivity contribution < 1.29 is 14.3 Å². The summed E-state index contributed by atoms with van der Waals surface area (Å²) in [6.45, 7) is 1.79. The highest BCUT2D eigenvalue weighted by Gasteiger charge is 2.26. The molecule has 0 aliphatic heterocycles. The Bertz CT molecular complexity index is 1020. The molecule has 3 aromatic rings. The number of rotatable bonds is 5. The van der Waals surface area contributed by atoms with Gasteiger partial charge in [0.25, 0.3) is 5.91 Å². The molecule has 0 saturated carbocycles. The number of aromatic nitrogens is 1. The first kappa shape index (κ1) is 20.9. The number of hydrogen-bond donors (Lipinski definition) is 0. The number of likely N-dealkylation sites (N-methyl/N-ethyl adjacent to an activating group) is 1. The number of carbonyl (C=O) groups is 2. The lowest BCUT2D eigenvalue weighted by Crippen LogP contribution is -2.37. The van der Waals surface area contributed by atoms with Gasteiger partial charge in [-0.05, 0) is 31.2 Å². The minimum Gasteiger partial charge on any atom is -0.449 e. The van der Waals surface area contributed by atoms with Crippen LogP contribution < -0.4 is 0 Å². The minimum absolute atomic E-state index is 0.0124. The Kier molecular flexibility index (Phi) is 6.45. The molecule has 0 fully saturated rings. The summed E-state index contributed by atoms with van der Waals surface area (Å²) in [5, 5.41) is 1.05. The average Bonchev–Trinajstić information content (AvgIpc) is 3.06. The molecule has 0 aliphatic rings. The Morgan fingerprint density at radius 3 is 2.54 bits per heavy atom. The first-order valence-electron chi connectivity index (χ1n) is 8.22. The van der Waals surface area contributed by atoms with Crippen LogP contribution in [0.25, 0.3) is 10.2 Å². The molecular formula is C19H15Cl3N2O3S. The number of fused-ring (bicyclic) bond motifs is 1. The lowest BCUT2D eigenvalue weighted by Gasteiger charge is -2.21.